The van der Waals surface area contributed by atoms with E-state index in [0.717, 1.165) is 13.1 Å². The zero-order chi connectivity index (χ0) is 9.68. The fraction of sp³-hybridized carbons (Fsp3) is 0.900. The van der Waals surface area contributed by atoms with Gasteiger partial charge in [0.2, 0.25) is 0 Å². The van der Waals surface area contributed by atoms with Crippen LogP contribution in [0.1, 0.15) is 39.0 Å². The minimum Gasteiger partial charge on any atom is -0.481 e. The molecule has 1 saturated heterocycles. The van der Waals surface area contributed by atoms with Gasteiger partial charge >= 0.3 is 5.97 Å². The second-order valence-electron chi connectivity index (χ2n) is 3.90. The first kappa shape index (κ1) is 10.5. The summed E-state index contributed by atoms with van der Waals surface area (Å²) in [6.07, 6.45) is 5.33. The Kier molecular flexibility index (Phi) is 4.22. The molecule has 3 heteroatoms. The third kappa shape index (κ3) is 3.77. The van der Waals surface area contributed by atoms with Crippen molar-refractivity contribution in [3.05, 3.63) is 0 Å². The van der Waals surface area contributed by atoms with Crippen LogP contribution in [0.3, 0.4) is 0 Å². The number of hydrogen-bond donors (Lipinski definition) is 1. The first-order valence-corrected chi connectivity index (χ1v) is 5.16. The number of aliphatic carboxylic acids is 1. The van der Waals surface area contributed by atoms with Gasteiger partial charge < -0.3 is 10.0 Å². The summed E-state index contributed by atoms with van der Waals surface area (Å²) < 4.78 is 0. The Morgan fingerprint density at radius 1 is 1.31 bits per heavy atom. The van der Waals surface area contributed by atoms with Gasteiger partial charge in [-0.05, 0) is 32.9 Å². The Bertz CT molecular complexity index is 162. The first-order valence-electron chi connectivity index (χ1n) is 5.16. The molecule has 1 atom stereocenters. The highest BCUT2D eigenvalue weighted by Gasteiger charge is 2.17. The van der Waals surface area contributed by atoms with Gasteiger partial charge in [-0.15, -0.1) is 0 Å². The highest BCUT2D eigenvalue weighted by atomic mass is 16.4. The molecule has 0 aliphatic carbocycles. The summed E-state index contributed by atoms with van der Waals surface area (Å²) >= 11 is 0. The molecular weight excluding hydrogens is 166 g/mol. The van der Waals surface area contributed by atoms with Crippen LogP contribution in [0, 0.1) is 0 Å². The highest BCUT2D eigenvalue weighted by Crippen LogP contribution is 2.13. The Morgan fingerprint density at radius 3 is 2.31 bits per heavy atom. The van der Waals surface area contributed by atoms with E-state index in [1.54, 1.807) is 0 Å². The smallest absolute Gasteiger partial charge is 0.304 e. The highest BCUT2D eigenvalue weighted by molar-refractivity contribution is 5.67. The molecule has 0 amide bonds. The molecule has 0 aromatic carbocycles. The maximum absolute atomic E-state index is 10.5. The maximum Gasteiger partial charge on any atom is 0.304 e. The molecule has 1 aliphatic rings. The average Bonchev–Trinajstić information content (AvgIpc) is 2.29. The van der Waals surface area contributed by atoms with Gasteiger partial charge in [0.05, 0.1) is 6.42 Å². The van der Waals surface area contributed by atoms with E-state index in [-0.39, 0.29) is 12.5 Å². The fourth-order valence-corrected chi connectivity index (χ4v) is 1.92. The number of carboxylic acids is 1. The third-order valence-electron chi connectivity index (χ3n) is 2.73. The quantitative estimate of drug-likeness (QED) is 0.728. The number of nitrogens with zero attached hydrogens (tertiary/aromatic N) is 1. The largest absolute Gasteiger partial charge is 0.481 e. The van der Waals surface area contributed by atoms with E-state index < -0.39 is 5.97 Å². The topological polar surface area (TPSA) is 40.5 Å². The minimum atomic E-state index is -0.684. The number of likely N-dealkylation sites (tertiary alicyclic amines) is 1. The lowest BCUT2D eigenvalue weighted by molar-refractivity contribution is -0.138. The standard InChI is InChI=1S/C10H19NO2/c1-9(8-10(12)13)11-6-4-2-3-5-7-11/h9H,2-8H2,1H3,(H,12,13)/t9-/m0/s1. The third-order valence-corrected chi connectivity index (χ3v) is 2.73. The van der Waals surface area contributed by atoms with Crippen molar-refractivity contribution < 1.29 is 9.90 Å². The molecule has 3 nitrogen and oxygen atoms in total. The Labute approximate surface area is 79.7 Å². The van der Waals surface area contributed by atoms with Crippen LogP contribution in [0.4, 0.5) is 0 Å². The van der Waals surface area contributed by atoms with Crippen LogP contribution in [0.25, 0.3) is 0 Å². The van der Waals surface area contributed by atoms with Crippen LogP contribution in [-0.2, 0) is 4.79 Å². The fourth-order valence-electron chi connectivity index (χ4n) is 1.92. The van der Waals surface area contributed by atoms with E-state index in [1.165, 1.54) is 25.7 Å². The molecule has 1 heterocycles. The van der Waals surface area contributed by atoms with Crippen molar-refractivity contribution in [3.63, 3.8) is 0 Å². The monoisotopic (exact) mass is 185 g/mol. The summed E-state index contributed by atoms with van der Waals surface area (Å²) in [7, 11) is 0. The molecule has 0 unspecified atom stereocenters. The van der Waals surface area contributed by atoms with E-state index in [0.29, 0.717) is 0 Å². The van der Waals surface area contributed by atoms with E-state index in [1.807, 2.05) is 6.92 Å². The zero-order valence-electron chi connectivity index (χ0n) is 8.33. The predicted octanol–water partition coefficient (Wildman–Crippen LogP) is 1.73. The maximum atomic E-state index is 10.5. The molecule has 0 aromatic heterocycles. The lowest BCUT2D eigenvalue weighted by atomic mass is 10.2. The summed E-state index contributed by atoms with van der Waals surface area (Å²) in [5.41, 5.74) is 0. The molecule has 0 saturated carbocycles. The molecular formula is C10H19NO2. The van der Waals surface area contributed by atoms with Crippen molar-refractivity contribution in [1.82, 2.24) is 4.90 Å². The molecule has 0 radical (unpaired) electrons. The molecule has 0 aromatic rings. The van der Waals surface area contributed by atoms with Crippen LogP contribution >= 0.6 is 0 Å². The van der Waals surface area contributed by atoms with Gasteiger partial charge in [-0.1, -0.05) is 12.8 Å². The lowest BCUT2D eigenvalue weighted by Crippen LogP contribution is -2.35. The summed E-state index contributed by atoms with van der Waals surface area (Å²) in [5.74, 6) is -0.684. The minimum absolute atomic E-state index is 0.204. The second kappa shape index (κ2) is 5.22. The zero-order valence-corrected chi connectivity index (χ0v) is 8.33. The van der Waals surface area contributed by atoms with E-state index >= 15 is 0 Å². The summed E-state index contributed by atoms with van der Waals surface area (Å²) in [6.45, 7) is 4.17. The van der Waals surface area contributed by atoms with Gasteiger partial charge in [-0.2, -0.15) is 0 Å². The number of rotatable bonds is 3. The van der Waals surface area contributed by atoms with Crippen LogP contribution in [0.15, 0.2) is 0 Å². The van der Waals surface area contributed by atoms with Crippen molar-refractivity contribution in [1.29, 1.82) is 0 Å². The SMILES string of the molecule is C[C@@H](CC(=O)O)N1CCCCCC1. The van der Waals surface area contributed by atoms with Crippen molar-refractivity contribution in [2.75, 3.05) is 13.1 Å². The van der Waals surface area contributed by atoms with Crippen molar-refractivity contribution in [2.45, 2.75) is 45.1 Å². The van der Waals surface area contributed by atoms with Crippen LogP contribution in [0.2, 0.25) is 0 Å². The number of hydrogen-bond acceptors (Lipinski definition) is 2. The molecule has 13 heavy (non-hydrogen) atoms. The van der Waals surface area contributed by atoms with Gasteiger partial charge in [0.25, 0.3) is 0 Å². The Morgan fingerprint density at radius 2 is 1.85 bits per heavy atom. The van der Waals surface area contributed by atoms with E-state index in [2.05, 4.69) is 4.90 Å². The predicted molar refractivity (Wildman–Crippen MR) is 51.8 cm³/mol. The van der Waals surface area contributed by atoms with Crippen LogP contribution < -0.4 is 0 Å². The van der Waals surface area contributed by atoms with Gasteiger partial charge in [-0.3, -0.25) is 4.79 Å². The number of carboxylic acid groups (broad SMARTS) is 1. The van der Waals surface area contributed by atoms with Crippen molar-refractivity contribution in [2.24, 2.45) is 0 Å². The molecule has 76 valence electrons. The van der Waals surface area contributed by atoms with E-state index in [9.17, 15) is 4.79 Å². The summed E-state index contributed by atoms with van der Waals surface area (Å²) in [6, 6.07) is 0.204. The average molecular weight is 185 g/mol. The Balaban J connectivity index is 2.34. The normalized spacial score (nSPS) is 22.2. The summed E-state index contributed by atoms with van der Waals surface area (Å²) in [4.78, 5) is 12.8. The molecule has 0 spiro atoms. The molecule has 1 N–H and O–H groups in total. The first-order chi connectivity index (χ1) is 6.20. The van der Waals surface area contributed by atoms with Crippen LogP contribution in [0.5, 0.6) is 0 Å². The summed E-state index contributed by atoms with van der Waals surface area (Å²) in [5, 5.41) is 8.66. The lowest BCUT2D eigenvalue weighted by Gasteiger charge is -2.26. The van der Waals surface area contributed by atoms with Crippen molar-refractivity contribution >= 4 is 5.97 Å². The van der Waals surface area contributed by atoms with Crippen molar-refractivity contribution in [3.8, 4) is 0 Å². The van der Waals surface area contributed by atoms with Gasteiger partial charge in [-0.25, -0.2) is 0 Å². The van der Waals surface area contributed by atoms with Gasteiger partial charge in [0.15, 0.2) is 0 Å². The molecule has 1 rings (SSSR count). The molecule has 0 bridgehead atoms. The van der Waals surface area contributed by atoms with E-state index in [4.69, 9.17) is 5.11 Å². The molecule has 1 aliphatic heterocycles. The number of carbonyl (C=O) groups is 1. The Hall–Kier alpha value is -0.570. The van der Waals surface area contributed by atoms with Crippen LogP contribution in [-0.4, -0.2) is 35.1 Å². The van der Waals surface area contributed by atoms with Gasteiger partial charge in [0, 0.05) is 6.04 Å². The second-order valence-corrected chi connectivity index (χ2v) is 3.90. The molecule has 1 fully saturated rings. The van der Waals surface area contributed by atoms with Gasteiger partial charge in [0.1, 0.15) is 0 Å².